The summed E-state index contributed by atoms with van der Waals surface area (Å²) in [6.07, 6.45) is 5.63. The van der Waals surface area contributed by atoms with Crippen LogP contribution in [-0.2, 0) is 0 Å². The van der Waals surface area contributed by atoms with Crippen molar-refractivity contribution in [3.63, 3.8) is 0 Å². The normalized spacial score (nSPS) is 15.3. The number of hydrogen-bond acceptors (Lipinski definition) is 4. The maximum Gasteiger partial charge on any atom is 0.141 e. The summed E-state index contributed by atoms with van der Waals surface area (Å²) < 4.78 is 0. The molecule has 3 nitrogen and oxygen atoms in total. The van der Waals surface area contributed by atoms with Crippen LogP contribution in [0.1, 0.15) is 43.6 Å². The number of rotatable bonds is 1. The zero-order valence-corrected chi connectivity index (χ0v) is 13.2. The summed E-state index contributed by atoms with van der Waals surface area (Å²) in [5, 5.41) is 1.27. The average Bonchev–Trinajstić information content (AvgIpc) is 2.77. The van der Waals surface area contributed by atoms with Crippen molar-refractivity contribution in [3.05, 3.63) is 16.8 Å². The van der Waals surface area contributed by atoms with Crippen LogP contribution >= 0.6 is 11.3 Å². The minimum atomic E-state index is 1.13. The Morgan fingerprint density at radius 1 is 1.05 bits per heavy atom. The number of fused-ring (bicyclic) bond motifs is 1. The van der Waals surface area contributed by atoms with E-state index in [9.17, 15) is 0 Å². The van der Waals surface area contributed by atoms with Crippen LogP contribution in [0.3, 0.4) is 0 Å². The molecule has 1 aliphatic heterocycles. The van der Waals surface area contributed by atoms with E-state index in [2.05, 4.69) is 28.7 Å². The molecule has 0 bridgehead atoms. The molecule has 0 amide bonds. The fraction of sp³-hybridized carbons (Fsp3) is 0.600. The maximum atomic E-state index is 4.53. The number of aryl methyl sites for hydroxylation is 2. The molecular formula is C15H23N3S. The van der Waals surface area contributed by atoms with Crippen LogP contribution < -0.4 is 4.90 Å². The number of thiophene rings is 1. The molecule has 1 fully saturated rings. The number of anilines is 1. The lowest BCUT2D eigenvalue weighted by Crippen LogP contribution is -2.30. The average molecular weight is 277 g/mol. The van der Waals surface area contributed by atoms with Gasteiger partial charge in [0.2, 0.25) is 0 Å². The van der Waals surface area contributed by atoms with Gasteiger partial charge in [-0.05, 0) is 38.7 Å². The van der Waals surface area contributed by atoms with Gasteiger partial charge in [-0.15, -0.1) is 11.3 Å². The molecule has 0 atom stereocenters. The van der Waals surface area contributed by atoms with E-state index < -0.39 is 0 Å². The molecule has 104 valence electrons. The van der Waals surface area contributed by atoms with Gasteiger partial charge < -0.3 is 4.90 Å². The molecule has 3 rings (SSSR count). The molecule has 2 aromatic rings. The highest BCUT2D eigenvalue weighted by atomic mass is 32.1. The van der Waals surface area contributed by atoms with E-state index in [1.54, 1.807) is 17.7 Å². The van der Waals surface area contributed by atoms with Gasteiger partial charge in [-0.25, -0.2) is 9.97 Å². The molecule has 0 spiro atoms. The number of aromatic nitrogens is 2. The highest BCUT2D eigenvalue weighted by Gasteiger charge is 2.18. The van der Waals surface area contributed by atoms with Crippen molar-refractivity contribution in [1.82, 2.24) is 9.97 Å². The first-order valence-electron chi connectivity index (χ1n) is 7.23. The molecule has 0 unspecified atom stereocenters. The number of piperidine rings is 1. The van der Waals surface area contributed by atoms with Gasteiger partial charge in [-0.1, -0.05) is 13.8 Å². The Morgan fingerprint density at radius 2 is 1.74 bits per heavy atom. The van der Waals surface area contributed by atoms with Crippen LogP contribution in [0.4, 0.5) is 5.82 Å². The molecule has 1 saturated heterocycles. The molecule has 2 aromatic heterocycles. The van der Waals surface area contributed by atoms with Gasteiger partial charge in [0.1, 0.15) is 17.0 Å². The lowest BCUT2D eigenvalue weighted by molar-refractivity contribution is 0.574. The van der Waals surface area contributed by atoms with Gasteiger partial charge in [0.15, 0.2) is 0 Å². The minimum Gasteiger partial charge on any atom is -0.356 e. The summed E-state index contributed by atoms with van der Waals surface area (Å²) in [6, 6.07) is 0. The van der Waals surface area contributed by atoms with E-state index in [1.165, 1.54) is 35.1 Å². The van der Waals surface area contributed by atoms with Crippen LogP contribution in [0.25, 0.3) is 10.2 Å². The van der Waals surface area contributed by atoms with Gasteiger partial charge in [-0.3, -0.25) is 0 Å². The highest BCUT2D eigenvalue weighted by molar-refractivity contribution is 7.18. The van der Waals surface area contributed by atoms with E-state index in [4.69, 9.17) is 0 Å². The van der Waals surface area contributed by atoms with Crippen molar-refractivity contribution < 1.29 is 0 Å². The van der Waals surface area contributed by atoms with Gasteiger partial charge in [0.25, 0.3) is 0 Å². The quantitative estimate of drug-likeness (QED) is 0.777. The first-order chi connectivity index (χ1) is 9.27. The van der Waals surface area contributed by atoms with Crippen molar-refractivity contribution in [2.45, 2.75) is 47.0 Å². The summed E-state index contributed by atoms with van der Waals surface area (Å²) in [7, 11) is 0. The third-order valence-electron chi connectivity index (χ3n) is 3.60. The fourth-order valence-corrected chi connectivity index (χ4v) is 3.50. The zero-order valence-electron chi connectivity index (χ0n) is 12.4. The molecule has 0 N–H and O–H groups in total. The summed E-state index contributed by atoms with van der Waals surface area (Å²) in [6.45, 7) is 10.6. The van der Waals surface area contributed by atoms with Crippen LogP contribution in [0.15, 0.2) is 6.33 Å². The molecule has 0 aliphatic carbocycles. The van der Waals surface area contributed by atoms with Crippen LogP contribution in [-0.4, -0.2) is 23.1 Å². The first-order valence-corrected chi connectivity index (χ1v) is 8.04. The molecule has 3 heterocycles. The molecule has 0 aromatic carbocycles. The van der Waals surface area contributed by atoms with E-state index in [0.717, 1.165) is 23.7 Å². The van der Waals surface area contributed by atoms with E-state index >= 15 is 0 Å². The second kappa shape index (κ2) is 6.33. The Kier molecular flexibility index (Phi) is 4.75. The molecule has 19 heavy (non-hydrogen) atoms. The molecule has 1 aliphatic rings. The fourth-order valence-electron chi connectivity index (χ4n) is 2.51. The second-order valence-corrected chi connectivity index (χ2v) is 5.91. The summed E-state index contributed by atoms with van der Waals surface area (Å²) in [5.74, 6) is 1.15. The Morgan fingerprint density at radius 3 is 2.42 bits per heavy atom. The molecule has 0 radical (unpaired) electrons. The maximum absolute atomic E-state index is 4.53. The van der Waals surface area contributed by atoms with Gasteiger partial charge in [-0.2, -0.15) is 0 Å². The highest BCUT2D eigenvalue weighted by Crippen LogP contribution is 2.34. The van der Waals surface area contributed by atoms with Crippen LogP contribution in [0.2, 0.25) is 0 Å². The topological polar surface area (TPSA) is 29.0 Å². The first kappa shape index (κ1) is 14.3. The Labute approximate surface area is 119 Å². The van der Waals surface area contributed by atoms with Crippen LogP contribution in [0, 0.1) is 13.8 Å². The third-order valence-corrected chi connectivity index (χ3v) is 4.72. The van der Waals surface area contributed by atoms with Gasteiger partial charge >= 0.3 is 0 Å². The predicted molar refractivity (Wildman–Crippen MR) is 84.3 cm³/mol. The zero-order chi connectivity index (χ0) is 13.8. The van der Waals surface area contributed by atoms with E-state index in [1.807, 2.05) is 13.8 Å². The van der Waals surface area contributed by atoms with Crippen molar-refractivity contribution in [2.75, 3.05) is 18.0 Å². The SMILES string of the molecule is CC.Cc1sc2ncnc(N3CCCCC3)c2c1C. The standard InChI is InChI=1S/C13H17N3S.C2H6/c1-9-10(2)17-13-11(9)12(14-8-15-13)16-6-4-3-5-7-16;1-2/h8H,3-7H2,1-2H3;1-2H3. The van der Waals surface area contributed by atoms with Crippen molar-refractivity contribution in [2.24, 2.45) is 0 Å². The van der Waals surface area contributed by atoms with Crippen molar-refractivity contribution >= 4 is 27.4 Å². The number of hydrogen-bond donors (Lipinski definition) is 0. The largest absolute Gasteiger partial charge is 0.356 e. The summed E-state index contributed by atoms with van der Waals surface area (Å²) >= 11 is 1.78. The van der Waals surface area contributed by atoms with Crippen molar-refractivity contribution in [1.29, 1.82) is 0 Å². The number of nitrogens with zero attached hydrogens (tertiary/aromatic N) is 3. The Hall–Kier alpha value is -1.16. The van der Waals surface area contributed by atoms with Crippen molar-refractivity contribution in [3.8, 4) is 0 Å². The summed E-state index contributed by atoms with van der Waals surface area (Å²) in [5.41, 5.74) is 1.35. The Bertz CT molecular complexity index is 542. The lowest BCUT2D eigenvalue weighted by atomic mass is 10.1. The smallest absolute Gasteiger partial charge is 0.141 e. The Balaban J connectivity index is 0.000000637. The van der Waals surface area contributed by atoms with Gasteiger partial charge in [0.05, 0.1) is 5.39 Å². The molecular weight excluding hydrogens is 254 g/mol. The predicted octanol–water partition coefficient (Wildman–Crippen LogP) is 4.32. The minimum absolute atomic E-state index is 1.13. The molecule has 4 heteroatoms. The summed E-state index contributed by atoms with van der Waals surface area (Å²) in [4.78, 5) is 13.8. The van der Waals surface area contributed by atoms with Gasteiger partial charge in [0, 0.05) is 18.0 Å². The second-order valence-electron chi connectivity index (χ2n) is 4.71. The van der Waals surface area contributed by atoms with E-state index in [-0.39, 0.29) is 0 Å². The molecule has 0 saturated carbocycles. The van der Waals surface area contributed by atoms with Crippen LogP contribution in [0.5, 0.6) is 0 Å². The third kappa shape index (κ3) is 2.73. The van der Waals surface area contributed by atoms with E-state index in [0.29, 0.717) is 0 Å². The monoisotopic (exact) mass is 277 g/mol. The lowest BCUT2D eigenvalue weighted by Gasteiger charge is -2.28.